The van der Waals surface area contributed by atoms with Gasteiger partial charge in [0.1, 0.15) is 5.75 Å². The summed E-state index contributed by atoms with van der Waals surface area (Å²) in [5.41, 5.74) is 2.38. The minimum atomic E-state index is -1.45. The number of carboxylic acids is 1. The molecule has 0 aromatic heterocycles. The molecule has 4 nitrogen and oxygen atoms in total. The summed E-state index contributed by atoms with van der Waals surface area (Å²) in [6.07, 6.45) is 10.5. The van der Waals surface area contributed by atoms with Gasteiger partial charge in [0.25, 0.3) is 0 Å². The summed E-state index contributed by atoms with van der Waals surface area (Å²) < 4.78 is 0. The first-order valence-corrected chi connectivity index (χ1v) is 9.59. The number of unbranched alkanes of at least 4 members (excludes halogenated alkanes) is 6. The van der Waals surface area contributed by atoms with Gasteiger partial charge in [-0.3, -0.25) is 4.79 Å². The third-order valence-corrected chi connectivity index (χ3v) is 4.54. The van der Waals surface area contributed by atoms with Gasteiger partial charge in [0.15, 0.2) is 0 Å². The van der Waals surface area contributed by atoms with E-state index >= 15 is 0 Å². The summed E-state index contributed by atoms with van der Waals surface area (Å²) >= 11 is 0. The monoisotopic (exact) mass is 348 g/mol. The van der Waals surface area contributed by atoms with Gasteiger partial charge in [-0.15, -0.1) is 0 Å². The highest BCUT2D eigenvalue weighted by molar-refractivity contribution is 6.33. The zero-order valence-corrected chi connectivity index (χ0v) is 15.6. The molecule has 0 amide bonds. The average molecular weight is 348 g/mol. The Labute approximate surface area is 151 Å². The first-order chi connectivity index (χ1) is 12.0. The fraction of sp³-hybridized carbons (Fsp3) is 0.619. The van der Waals surface area contributed by atoms with Crippen molar-refractivity contribution >= 4 is 11.8 Å². The summed E-state index contributed by atoms with van der Waals surface area (Å²) in [5, 5.41) is 19.3. The number of carbonyl (C=O) groups is 2. The lowest BCUT2D eigenvalue weighted by molar-refractivity contribution is -0.148. The van der Waals surface area contributed by atoms with E-state index in [2.05, 4.69) is 13.8 Å². The van der Waals surface area contributed by atoms with E-state index in [9.17, 15) is 14.7 Å². The van der Waals surface area contributed by atoms with E-state index in [-0.39, 0.29) is 12.2 Å². The van der Waals surface area contributed by atoms with Crippen molar-refractivity contribution in [3.05, 3.63) is 28.8 Å². The van der Waals surface area contributed by atoms with E-state index in [1.165, 1.54) is 19.3 Å². The fourth-order valence-electron chi connectivity index (χ4n) is 3.05. The highest BCUT2D eigenvalue weighted by atomic mass is 16.4. The van der Waals surface area contributed by atoms with Crippen LogP contribution in [0.15, 0.2) is 12.1 Å². The molecule has 0 aliphatic rings. The van der Waals surface area contributed by atoms with Gasteiger partial charge in [-0.2, -0.15) is 0 Å². The van der Waals surface area contributed by atoms with Crippen LogP contribution in [0.1, 0.15) is 81.9 Å². The number of ketones is 1. The van der Waals surface area contributed by atoms with Gasteiger partial charge in [0.05, 0.1) is 0 Å². The molecule has 0 bridgehead atoms. The molecule has 0 atom stereocenters. The van der Waals surface area contributed by atoms with E-state index < -0.39 is 11.8 Å². The molecule has 1 rings (SSSR count). The lowest BCUT2D eigenvalue weighted by Gasteiger charge is -2.13. The molecule has 0 spiro atoms. The van der Waals surface area contributed by atoms with Gasteiger partial charge in [-0.25, -0.2) is 4.79 Å². The molecule has 0 radical (unpaired) electrons. The van der Waals surface area contributed by atoms with Crippen LogP contribution in [0.4, 0.5) is 0 Å². The van der Waals surface area contributed by atoms with E-state index in [0.29, 0.717) is 5.56 Å². The number of phenols is 1. The Bertz CT molecular complexity index is 563. The number of benzene rings is 1. The number of aryl methyl sites for hydroxylation is 2. The van der Waals surface area contributed by atoms with Crippen molar-refractivity contribution in [3.63, 3.8) is 0 Å². The SMILES string of the molecule is CCCCCCc1cc(CCCCCC)c(O)c(CC(=O)C(=O)O)c1. The van der Waals surface area contributed by atoms with Gasteiger partial charge in [0.2, 0.25) is 5.78 Å². The molecular weight excluding hydrogens is 316 g/mol. The fourth-order valence-corrected chi connectivity index (χ4v) is 3.05. The van der Waals surface area contributed by atoms with Crippen LogP contribution < -0.4 is 0 Å². The molecule has 2 N–H and O–H groups in total. The molecule has 25 heavy (non-hydrogen) atoms. The molecule has 140 valence electrons. The molecule has 1 aromatic rings. The number of rotatable bonds is 13. The quantitative estimate of drug-likeness (QED) is 0.395. The smallest absolute Gasteiger partial charge is 0.372 e. The van der Waals surface area contributed by atoms with Crippen molar-refractivity contribution in [2.75, 3.05) is 0 Å². The van der Waals surface area contributed by atoms with Crippen molar-refractivity contribution in [3.8, 4) is 5.75 Å². The van der Waals surface area contributed by atoms with Crippen LogP contribution in [0.2, 0.25) is 0 Å². The van der Waals surface area contributed by atoms with Gasteiger partial charge in [0, 0.05) is 12.0 Å². The lowest BCUT2D eigenvalue weighted by Crippen LogP contribution is -2.15. The summed E-state index contributed by atoms with van der Waals surface area (Å²) in [4.78, 5) is 22.4. The van der Waals surface area contributed by atoms with Gasteiger partial charge < -0.3 is 10.2 Å². The van der Waals surface area contributed by atoms with Crippen molar-refractivity contribution < 1.29 is 19.8 Å². The zero-order valence-electron chi connectivity index (χ0n) is 15.6. The Morgan fingerprint density at radius 2 is 1.40 bits per heavy atom. The van der Waals surface area contributed by atoms with Gasteiger partial charge in [-0.05, 0) is 36.8 Å². The number of phenolic OH excluding ortho intramolecular Hbond substituents is 1. The molecular formula is C21H32O4. The largest absolute Gasteiger partial charge is 0.507 e. The van der Waals surface area contributed by atoms with E-state index in [1.54, 1.807) is 6.07 Å². The van der Waals surface area contributed by atoms with Crippen molar-refractivity contribution in [1.29, 1.82) is 0 Å². The van der Waals surface area contributed by atoms with E-state index in [1.807, 2.05) is 6.07 Å². The van der Waals surface area contributed by atoms with Crippen LogP contribution in [0.3, 0.4) is 0 Å². The molecule has 0 fully saturated rings. The third-order valence-electron chi connectivity index (χ3n) is 4.54. The predicted octanol–water partition coefficient (Wildman–Crippen LogP) is 4.83. The van der Waals surface area contributed by atoms with Crippen LogP contribution in [0, 0.1) is 0 Å². The molecule has 0 saturated carbocycles. The number of carbonyl (C=O) groups excluding carboxylic acids is 1. The Hall–Kier alpha value is -1.84. The maximum Gasteiger partial charge on any atom is 0.372 e. The Morgan fingerprint density at radius 3 is 1.96 bits per heavy atom. The predicted molar refractivity (Wildman–Crippen MR) is 100 cm³/mol. The molecule has 0 saturated heterocycles. The average Bonchev–Trinajstić information content (AvgIpc) is 2.58. The Balaban J connectivity index is 2.90. The first-order valence-electron chi connectivity index (χ1n) is 9.59. The van der Waals surface area contributed by atoms with E-state index in [0.717, 1.165) is 56.1 Å². The lowest BCUT2D eigenvalue weighted by atomic mass is 9.94. The maximum absolute atomic E-state index is 11.6. The number of carboxylic acid groups (broad SMARTS) is 1. The van der Waals surface area contributed by atoms with Gasteiger partial charge in [-0.1, -0.05) is 64.5 Å². The zero-order chi connectivity index (χ0) is 18.7. The van der Waals surface area contributed by atoms with Crippen LogP contribution in [0.25, 0.3) is 0 Å². The standard InChI is InChI=1S/C21H32O4/c1-3-5-7-9-11-16-13-17(12-10-8-6-4-2)20(23)18(14-16)15-19(22)21(24)25/h13-14,23H,3-12,15H2,1-2H3,(H,24,25). The maximum atomic E-state index is 11.6. The summed E-state index contributed by atoms with van der Waals surface area (Å²) in [5.74, 6) is -2.23. The number of hydrogen-bond acceptors (Lipinski definition) is 3. The molecule has 0 aliphatic heterocycles. The summed E-state index contributed by atoms with van der Waals surface area (Å²) in [6, 6.07) is 3.83. The summed E-state index contributed by atoms with van der Waals surface area (Å²) in [6.45, 7) is 4.33. The van der Waals surface area contributed by atoms with Crippen LogP contribution >= 0.6 is 0 Å². The van der Waals surface area contributed by atoms with Crippen molar-refractivity contribution in [1.82, 2.24) is 0 Å². The third kappa shape index (κ3) is 7.72. The molecule has 0 aliphatic carbocycles. The number of hydrogen-bond donors (Lipinski definition) is 2. The highest BCUT2D eigenvalue weighted by Crippen LogP contribution is 2.28. The molecule has 4 heteroatoms. The van der Waals surface area contributed by atoms with Gasteiger partial charge >= 0.3 is 5.97 Å². The van der Waals surface area contributed by atoms with Crippen molar-refractivity contribution in [2.24, 2.45) is 0 Å². The Kier molecular flexibility index (Phi) is 9.90. The molecule has 1 aromatic carbocycles. The van der Waals surface area contributed by atoms with Crippen molar-refractivity contribution in [2.45, 2.75) is 84.5 Å². The van der Waals surface area contributed by atoms with Crippen LogP contribution in [-0.2, 0) is 28.9 Å². The number of aliphatic carboxylic acids is 1. The second-order valence-corrected chi connectivity index (χ2v) is 6.79. The Morgan fingerprint density at radius 1 is 0.840 bits per heavy atom. The normalized spacial score (nSPS) is 10.8. The minimum absolute atomic E-state index is 0.100. The second kappa shape index (κ2) is 11.7. The second-order valence-electron chi connectivity index (χ2n) is 6.79. The van der Waals surface area contributed by atoms with E-state index in [4.69, 9.17) is 5.11 Å². The highest BCUT2D eigenvalue weighted by Gasteiger charge is 2.17. The summed E-state index contributed by atoms with van der Waals surface area (Å²) in [7, 11) is 0. The van der Waals surface area contributed by atoms with Crippen LogP contribution in [0.5, 0.6) is 5.75 Å². The van der Waals surface area contributed by atoms with Crippen LogP contribution in [-0.4, -0.2) is 22.0 Å². The number of Topliss-reactive ketones (excluding diaryl/α,β-unsaturated/α-hetero) is 1. The molecule has 0 unspecified atom stereocenters. The minimum Gasteiger partial charge on any atom is -0.507 e. The topological polar surface area (TPSA) is 74.6 Å². The molecule has 0 heterocycles. The first kappa shape index (κ1) is 21.2. The number of aromatic hydroxyl groups is 1.